The van der Waals surface area contributed by atoms with Crippen molar-refractivity contribution in [3.63, 3.8) is 0 Å². The summed E-state index contributed by atoms with van der Waals surface area (Å²) in [7, 11) is 0. The Morgan fingerprint density at radius 2 is 2.31 bits per heavy atom. The Morgan fingerprint density at radius 1 is 1.62 bits per heavy atom. The molecule has 74 valence electrons. The lowest BCUT2D eigenvalue weighted by Crippen LogP contribution is -2.46. The van der Waals surface area contributed by atoms with Crippen LogP contribution in [0.3, 0.4) is 0 Å². The molecule has 0 aromatic carbocycles. The minimum absolute atomic E-state index is 0.223. The summed E-state index contributed by atoms with van der Waals surface area (Å²) in [5.41, 5.74) is 0.741. The normalized spacial score (nSPS) is 27.5. The zero-order chi connectivity index (χ0) is 9.90. The number of carbonyl (C=O) groups is 1. The van der Waals surface area contributed by atoms with Gasteiger partial charge in [0.15, 0.2) is 5.78 Å². The summed E-state index contributed by atoms with van der Waals surface area (Å²) in [6.07, 6.45) is 3.55. The Kier molecular flexibility index (Phi) is 3.26. The van der Waals surface area contributed by atoms with Crippen molar-refractivity contribution in [3.05, 3.63) is 12.2 Å². The van der Waals surface area contributed by atoms with Crippen molar-refractivity contribution in [2.45, 2.75) is 45.1 Å². The van der Waals surface area contributed by atoms with Crippen molar-refractivity contribution in [1.29, 1.82) is 0 Å². The number of nitrogens with one attached hydrogen (secondary N) is 1. The molecule has 0 radical (unpaired) electrons. The number of hydrogen-bond donors (Lipinski definition) is 1. The first-order valence-corrected chi connectivity index (χ1v) is 5.03. The number of hydrogen-bond acceptors (Lipinski definition) is 2. The van der Waals surface area contributed by atoms with Crippen LogP contribution in [0.2, 0.25) is 0 Å². The first-order valence-electron chi connectivity index (χ1n) is 5.03. The third kappa shape index (κ3) is 2.19. The minimum atomic E-state index is -0.223. The second-order valence-electron chi connectivity index (χ2n) is 4.02. The molecule has 0 aliphatic carbocycles. The number of carbonyl (C=O) groups excluding carboxylic acids is 1. The highest BCUT2D eigenvalue weighted by Crippen LogP contribution is 2.26. The van der Waals surface area contributed by atoms with Crippen molar-refractivity contribution in [2.75, 3.05) is 6.54 Å². The van der Waals surface area contributed by atoms with Crippen LogP contribution >= 0.6 is 0 Å². The second-order valence-corrected chi connectivity index (χ2v) is 4.02. The zero-order valence-corrected chi connectivity index (χ0v) is 8.65. The van der Waals surface area contributed by atoms with E-state index in [0.717, 1.165) is 31.4 Å². The van der Waals surface area contributed by atoms with Crippen LogP contribution in [0.25, 0.3) is 0 Å². The first-order chi connectivity index (χ1) is 6.10. The maximum atomic E-state index is 11.9. The second kappa shape index (κ2) is 4.05. The molecule has 1 unspecified atom stereocenters. The topological polar surface area (TPSA) is 29.1 Å². The molecule has 0 aromatic heterocycles. The summed E-state index contributed by atoms with van der Waals surface area (Å²) in [5, 5.41) is 3.33. The molecular formula is C11H19NO. The van der Waals surface area contributed by atoms with Crippen LogP contribution in [0.15, 0.2) is 12.2 Å². The van der Waals surface area contributed by atoms with E-state index in [1.54, 1.807) is 0 Å². The predicted octanol–water partition coefficient (Wildman–Crippen LogP) is 2.05. The van der Waals surface area contributed by atoms with E-state index < -0.39 is 0 Å². The lowest BCUT2D eigenvalue weighted by molar-refractivity contribution is -0.124. The van der Waals surface area contributed by atoms with Gasteiger partial charge in [0.05, 0.1) is 5.54 Å². The van der Waals surface area contributed by atoms with Gasteiger partial charge in [0.25, 0.3) is 0 Å². The smallest absolute Gasteiger partial charge is 0.156 e. The van der Waals surface area contributed by atoms with E-state index in [4.69, 9.17) is 0 Å². The van der Waals surface area contributed by atoms with Gasteiger partial charge < -0.3 is 5.32 Å². The maximum absolute atomic E-state index is 11.9. The zero-order valence-electron chi connectivity index (χ0n) is 8.65. The average molecular weight is 181 g/mol. The van der Waals surface area contributed by atoms with Crippen molar-refractivity contribution in [1.82, 2.24) is 5.32 Å². The third-order valence-corrected chi connectivity index (χ3v) is 2.84. The summed E-state index contributed by atoms with van der Waals surface area (Å²) >= 11 is 0. The average Bonchev–Trinajstić information content (AvgIpc) is 2.51. The molecule has 1 heterocycles. The lowest BCUT2D eigenvalue weighted by atomic mass is 9.86. The van der Waals surface area contributed by atoms with Gasteiger partial charge in [-0.3, -0.25) is 4.79 Å². The Balaban J connectivity index is 2.65. The molecule has 1 saturated heterocycles. The molecule has 1 rings (SSSR count). The fourth-order valence-corrected chi connectivity index (χ4v) is 1.99. The molecule has 0 bridgehead atoms. The van der Waals surface area contributed by atoms with E-state index in [1.165, 1.54) is 0 Å². The molecule has 0 aromatic rings. The fraction of sp³-hybridized carbons (Fsp3) is 0.727. The first kappa shape index (κ1) is 10.5. The van der Waals surface area contributed by atoms with Crippen LogP contribution in [0, 0.1) is 0 Å². The Bertz CT molecular complexity index is 214. The molecule has 13 heavy (non-hydrogen) atoms. The van der Waals surface area contributed by atoms with Crippen LogP contribution in [-0.4, -0.2) is 17.9 Å². The van der Waals surface area contributed by atoms with Crippen molar-refractivity contribution < 1.29 is 4.79 Å². The van der Waals surface area contributed by atoms with Crippen LogP contribution in [0.1, 0.15) is 39.5 Å². The number of Topliss-reactive ketones (excluding diaryl/α,β-unsaturated/α-hetero) is 1. The molecule has 1 N–H and O–H groups in total. The van der Waals surface area contributed by atoms with Gasteiger partial charge in [-0.25, -0.2) is 0 Å². The molecule has 0 amide bonds. The summed E-state index contributed by atoms with van der Waals surface area (Å²) in [6.45, 7) is 8.76. The van der Waals surface area contributed by atoms with Crippen molar-refractivity contribution >= 4 is 5.78 Å². The van der Waals surface area contributed by atoms with Gasteiger partial charge >= 0.3 is 0 Å². The highest BCUT2D eigenvalue weighted by Gasteiger charge is 2.37. The van der Waals surface area contributed by atoms with Crippen LogP contribution < -0.4 is 5.32 Å². The number of allylic oxidation sites excluding steroid dienone is 1. The van der Waals surface area contributed by atoms with E-state index in [-0.39, 0.29) is 5.54 Å². The molecule has 0 spiro atoms. The van der Waals surface area contributed by atoms with E-state index in [2.05, 4.69) is 18.8 Å². The van der Waals surface area contributed by atoms with Crippen molar-refractivity contribution in [3.8, 4) is 0 Å². The minimum Gasteiger partial charge on any atom is -0.305 e. The van der Waals surface area contributed by atoms with E-state index in [0.29, 0.717) is 12.2 Å². The standard InChI is InChI=1S/C11H19NO/c1-4-11(6-5-7-12-11)10(13)8-9(2)3/h12H,2,4-8H2,1,3H3. The molecule has 1 aliphatic heterocycles. The molecule has 1 fully saturated rings. The molecular weight excluding hydrogens is 162 g/mol. The lowest BCUT2D eigenvalue weighted by Gasteiger charge is -2.26. The van der Waals surface area contributed by atoms with Crippen LogP contribution in [-0.2, 0) is 4.79 Å². The number of rotatable bonds is 4. The SMILES string of the molecule is C=C(C)CC(=O)C1(CC)CCCN1. The molecule has 2 nitrogen and oxygen atoms in total. The highest BCUT2D eigenvalue weighted by atomic mass is 16.1. The summed E-state index contributed by atoms with van der Waals surface area (Å²) in [4.78, 5) is 11.9. The molecule has 0 saturated carbocycles. The van der Waals surface area contributed by atoms with Gasteiger partial charge in [-0.15, -0.1) is 0 Å². The summed E-state index contributed by atoms with van der Waals surface area (Å²) < 4.78 is 0. The Labute approximate surface area is 80.4 Å². The van der Waals surface area contributed by atoms with E-state index >= 15 is 0 Å². The van der Waals surface area contributed by atoms with Gasteiger partial charge in [-0.2, -0.15) is 0 Å². The fourth-order valence-electron chi connectivity index (χ4n) is 1.99. The maximum Gasteiger partial charge on any atom is 0.156 e. The summed E-state index contributed by atoms with van der Waals surface area (Å²) in [6, 6.07) is 0. The molecule has 1 aliphatic rings. The third-order valence-electron chi connectivity index (χ3n) is 2.84. The largest absolute Gasteiger partial charge is 0.305 e. The number of ketones is 1. The molecule has 1 atom stereocenters. The van der Waals surface area contributed by atoms with E-state index in [9.17, 15) is 4.79 Å². The van der Waals surface area contributed by atoms with Crippen LogP contribution in [0.5, 0.6) is 0 Å². The van der Waals surface area contributed by atoms with Gasteiger partial charge in [-0.05, 0) is 32.7 Å². The summed E-state index contributed by atoms with van der Waals surface area (Å²) in [5.74, 6) is 0.319. The van der Waals surface area contributed by atoms with Gasteiger partial charge in [0, 0.05) is 6.42 Å². The predicted molar refractivity (Wildman–Crippen MR) is 54.7 cm³/mol. The van der Waals surface area contributed by atoms with E-state index in [1.807, 2.05) is 6.92 Å². The van der Waals surface area contributed by atoms with Crippen molar-refractivity contribution in [2.24, 2.45) is 0 Å². The quantitative estimate of drug-likeness (QED) is 0.672. The van der Waals surface area contributed by atoms with Crippen LogP contribution in [0.4, 0.5) is 0 Å². The highest BCUT2D eigenvalue weighted by molar-refractivity contribution is 5.90. The monoisotopic (exact) mass is 181 g/mol. The Morgan fingerprint density at radius 3 is 2.69 bits per heavy atom. The molecule has 2 heteroatoms. The van der Waals surface area contributed by atoms with Gasteiger partial charge in [0.2, 0.25) is 0 Å². The van der Waals surface area contributed by atoms with Gasteiger partial charge in [-0.1, -0.05) is 19.1 Å². The van der Waals surface area contributed by atoms with Gasteiger partial charge in [0.1, 0.15) is 0 Å². The Hall–Kier alpha value is -0.630.